The van der Waals surface area contributed by atoms with Crippen molar-refractivity contribution >= 4 is 28.6 Å². The van der Waals surface area contributed by atoms with E-state index in [0.29, 0.717) is 6.42 Å². The maximum atomic E-state index is 12.4. The SMILES string of the molecule is COC(=O)[C@@H](Cc1ccc2ccccc2c1)NC(=O)CCC(=O)N[C@H](C)c1ccccc1. The van der Waals surface area contributed by atoms with Crippen molar-refractivity contribution in [2.24, 2.45) is 0 Å². The Balaban J connectivity index is 1.54. The monoisotopic (exact) mass is 432 g/mol. The van der Waals surface area contributed by atoms with Crippen molar-refractivity contribution in [3.8, 4) is 0 Å². The topological polar surface area (TPSA) is 84.5 Å². The molecule has 0 radical (unpaired) electrons. The first kappa shape index (κ1) is 23.0. The Labute approximate surface area is 188 Å². The molecule has 32 heavy (non-hydrogen) atoms. The van der Waals surface area contributed by atoms with Crippen LogP contribution in [0.15, 0.2) is 72.8 Å². The Hall–Kier alpha value is -3.67. The van der Waals surface area contributed by atoms with E-state index in [-0.39, 0.29) is 30.7 Å². The van der Waals surface area contributed by atoms with E-state index in [9.17, 15) is 14.4 Å². The average molecular weight is 433 g/mol. The van der Waals surface area contributed by atoms with Gasteiger partial charge in [-0.2, -0.15) is 0 Å². The van der Waals surface area contributed by atoms with Crippen LogP contribution in [0.2, 0.25) is 0 Å². The molecule has 0 aromatic heterocycles. The molecule has 0 saturated carbocycles. The van der Waals surface area contributed by atoms with E-state index >= 15 is 0 Å². The van der Waals surface area contributed by atoms with Crippen LogP contribution in [0.3, 0.4) is 0 Å². The molecule has 0 unspecified atom stereocenters. The summed E-state index contributed by atoms with van der Waals surface area (Å²) in [4.78, 5) is 36.9. The lowest BCUT2D eigenvalue weighted by Gasteiger charge is -2.17. The largest absolute Gasteiger partial charge is 0.467 e. The molecule has 6 heteroatoms. The standard InChI is InChI=1S/C26H28N2O4/c1-18(20-8-4-3-5-9-20)27-24(29)14-15-25(30)28-23(26(31)32-2)17-19-12-13-21-10-6-7-11-22(21)16-19/h3-13,16,18,23H,14-15,17H2,1-2H3,(H,27,29)(H,28,30)/t18-,23-/m1/s1. The maximum absolute atomic E-state index is 12.4. The average Bonchev–Trinajstić information content (AvgIpc) is 2.82. The second kappa shape index (κ2) is 11.1. The third-order valence-corrected chi connectivity index (χ3v) is 5.33. The number of nitrogens with one attached hydrogen (secondary N) is 2. The number of fused-ring (bicyclic) bond motifs is 1. The number of hydrogen-bond donors (Lipinski definition) is 2. The molecule has 3 aromatic rings. The van der Waals surface area contributed by atoms with Crippen molar-refractivity contribution in [1.29, 1.82) is 0 Å². The summed E-state index contributed by atoms with van der Waals surface area (Å²) in [6.07, 6.45) is 0.325. The summed E-state index contributed by atoms with van der Waals surface area (Å²) in [7, 11) is 1.29. The number of amides is 2. The van der Waals surface area contributed by atoms with Gasteiger partial charge >= 0.3 is 5.97 Å². The van der Waals surface area contributed by atoms with Crippen molar-refractivity contribution in [2.75, 3.05) is 7.11 Å². The van der Waals surface area contributed by atoms with E-state index in [0.717, 1.165) is 21.9 Å². The van der Waals surface area contributed by atoms with Crippen LogP contribution in [0.5, 0.6) is 0 Å². The molecule has 0 aliphatic rings. The van der Waals surface area contributed by atoms with Crippen molar-refractivity contribution in [1.82, 2.24) is 10.6 Å². The maximum Gasteiger partial charge on any atom is 0.328 e. The summed E-state index contributed by atoms with van der Waals surface area (Å²) in [5, 5.41) is 7.76. The highest BCUT2D eigenvalue weighted by molar-refractivity contribution is 5.88. The van der Waals surface area contributed by atoms with Gasteiger partial charge in [0.1, 0.15) is 6.04 Å². The summed E-state index contributed by atoms with van der Waals surface area (Å²) >= 11 is 0. The number of carbonyl (C=O) groups is 3. The summed E-state index contributed by atoms with van der Waals surface area (Å²) in [6, 6.07) is 22.5. The molecule has 2 N–H and O–H groups in total. The fourth-order valence-corrected chi connectivity index (χ4v) is 3.57. The zero-order chi connectivity index (χ0) is 22.9. The molecule has 6 nitrogen and oxygen atoms in total. The number of ether oxygens (including phenoxy) is 1. The number of benzene rings is 3. The predicted octanol–water partition coefficient (Wildman–Crippen LogP) is 3.70. The van der Waals surface area contributed by atoms with E-state index in [1.54, 1.807) is 0 Å². The Kier molecular flexibility index (Phi) is 7.97. The van der Waals surface area contributed by atoms with Gasteiger partial charge in [-0.25, -0.2) is 4.79 Å². The summed E-state index contributed by atoms with van der Waals surface area (Å²) in [6.45, 7) is 1.89. The van der Waals surface area contributed by atoms with E-state index in [4.69, 9.17) is 4.74 Å². The first-order valence-corrected chi connectivity index (χ1v) is 10.7. The predicted molar refractivity (Wildman–Crippen MR) is 124 cm³/mol. The Morgan fingerprint density at radius 1 is 0.812 bits per heavy atom. The van der Waals surface area contributed by atoms with Crippen LogP contribution in [0.4, 0.5) is 0 Å². The Bertz CT molecular complexity index is 1080. The number of esters is 1. The quantitative estimate of drug-likeness (QED) is 0.505. The van der Waals surface area contributed by atoms with Crippen LogP contribution in [0, 0.1) is 0 Å². The molecule has 3 rings (SSSR count). The molecule has 0 aliphatic heterocycles. The molecule has 3 aromatic carbocycles. The fraction of sp³-hybridized carbons (Fsp3) is 0.269. The highest BCUT2D eigenvalue weighted by Crippen LogP contribution is 2.17. The molecular weight excluding hydrogens is 404 g/mol. The first-order valence-electron chi connectivity index (χ1n) is 10.7. The highest BCUT2D eigenvalue weighted by atomic mass is 16.5. The minimum atomic E-state index is -0.819. The lowest BCUT2D eigenvalue weighted by Crippen LogP contribution is -2.43. The molecule has 2 amide bonds. The van der Waals surface area contributed by atoms with E-state index in [2.05, 4.69) is 10.6 Å². The van der Waals surface area contributed by atoms with Crippen molar-refractivity contribution in [3.05, 3.63) is 83.9 Å². The summed E-state index contributed by atoms with van der Waals surface area (Å²) in [5.74, 6) is -1.11. The lowest BCUT2D eigenvalue weighted by atomic mass is 10.0. The molecule has 0 saturated heterocycles. The molecule has 166 valence electrons. The van der Waals surface area contributed by atoms with Gasteiger partial charge in [-0.3, -0.25) is 9.59 Å². The lowest BCUT2D eigenvalue weighted by molar-refractivity contribution is -0.145. The smallest absolute Gasteiger partial charge is 0.328 e. The van der Waals surface area contributed by atoms with E-state index < -0.39 is 12.0 Å². The molecule has 0 bridgehead atoms. The molecule has 0 aliphatic carbocycles. The van der Waals surface area contributed by atoms with E-state index in [1.165, 1.54) is 7.11 Å². The third-order valence-electron chi connectivity index (χ3n) is 5.33. The van der Waals surface area contributed by atoms with E-state index in [1.807, 2.05) is 79.7 Å². The Morgan fingerprint density at radius 3 is 2.12 bits per heavy atom. The van der Waals surface area contributed by atoms with Crippen LogP contribution in [-0.2, 0) is 25.5 Å². The van der Waals surface area contributed by atoms with Crippen LogP contribution in [0.1, 0.15) is 36.9 Å². The Morgan fingerprint density at radius 2 is 1.44 bits per heavy atom. The second-order valence-corrected chi connectivity index (χ2v) is 7.73. The molecular formula is C26H28N2O4. The second-order valence-electron chi connectivity index (χ2n) is 7.73. The van der Waals surface area contributed by atoms with Gasteiger partial charge in [0.15, 0.2) is 0 Å². The van der Waals surface area contributed by atoms with Crippen molar-refractivity contribution in [3.63, 3.8) is 0 Å². The van der Waals surface area contributed by atoms with Gasteiger partial charge in [0.05, 0.1) is 13.2 Å². The summed E-state index contributed by atoms with van der Waals surface area (Å²) < 4.78 is 4.87. The third kappa shape index (κ3) is 6.41. The van der Waals surface area contributed by atoms with Gasteiger partial charge in [0.25, 0.3) is 0 Å². The first-order chi connectivity index (χ1) is 15.5. The zero-order valence-corrected chi connectivity index (χ0v) is 18.3. The minimum absolute atomic E-state index is 0.0153. The van der Waals surface area contributed by atoms with Gasteiger partial charge < -0.3 is 15.4 Å². The number of carbonyl (C=O) groups excluding carboxylic acids is 3. The summed E-state index contributed by atoms with van der Waals surface area (Å²) in [5.41, 5.74) is 1.90. The zero-order valence-electron chi connectivity index (χ0n) is 18.3. The molecule has 0 fully saturated rings. The van der Waals surface area contributed by atoms with Crippen molar-refractivity contribution < 1.29 is 19.1 Å². The van der Waals surface area contributed by atoms with Crippen molar-refractivity contribution in [2.45, 2.75) is 38.3 Å². The number of rotatable bonds is 9. The number of methoxy groups -OCH3 is 1. The fourth-order valence-electron chi connectivity index (χ4n) is 3.57. The van der Waals surface area contributed by atoms with Crippen LogP contribution in [-0.4, -0.2) is 30.9 Å². The van der Waals surface area contributed by atoms with Gasteiger partial charge in [-0.15, -0.1) is 0 Å². The van der Waals surface area contributed by atoms with Crippen LogP contribution in [0.25, 0.3) is 10.8 Å². The number of hydrogen-bond acceptors (Lipinski definition) is 4. The van der Waals surface area contributed by atoms with Gasteiger partial charge in [-0.1, -0.05) is 72.8 Å². The molecule has 0 spiro atoms. The van der Waals surface area contributed by atoms with Gasteiger partial charge in [0, 0.05) is 19.3 Å². The molecule has 2 atom stereocenters. The minimum Gasteiger partial charge on any atom is -0.467 e. The van der Waals surface area contributed by atoms with Gasteiger partial charge in [-0.05, 0) is 28.8 Å². The van der Waals surface area contributed by atoms with Crippen LogP contribution < -0.4 is 10.6 Å². The van der Waals surface area contributed by atoms with Crippen LogP contribution >= 0.6 is 0 Å². The highest BCUT2D eigenvalue weighted by Gasteiger charge is 2.22. The van der Waals surface area contributed by atoms with Gasteiger partial charge in [0.2, 0.25) is 11.8 Å². The normalized spacial score (nSPS) is 12.6. The molecule has 0 heterocycles.